The van der Waals surface area contributed by atoms with Gasteiger partial charge in [0, 0.05) is 31.0 Å². The van der Waals surface area contributed by atoms with Gasteiger partial charge in [-0.2, -0.15) is 4.21 Å². The quantitative estimate of drug-likeness (QED) is 0.553. The minimum Gasteiger partial charge on any atom is -0.372 e. The summed E-state index contributed by atoms with van der Waals surface area (Å²) in [6.45, 7) is 6.72. The van der Waals surface area contributed by atoms with E-state index in [1.165, 1.54) is 7.11 Å². The van der Waals surface area contributed by atoms with E-state index in [1.54, 1.807) is 0 Å². The van der Waals surface area contributed by atoms with Crippen LogP contribution in [0.1, 0.15) is 20.8 Å². The van der Waals surface area contributed by atoms with Crippen LogP contribution in [0.5, 0.6) is 0 Å². The molecule has 0 aromatic rings. The summed E-state index contributed by atoms with van der Waals surface area (Å²) in [7, 11) is -4.93. The van der Waals surface area contributed by atoms with Crippen molar-refractivity contribution in [2.45, 2.75) is 20.8 Å². The zero-order valence-corrected chi connectivity index (χ0v) is 13.2. The summed E-state index contributed by atoms with van der Waals surface area (Å²) in [5.74, 6) is 0. The second-order valence-electron chi connectivity index (χ2n) is 2.82. The highest BCUT2D eigenvalue weighted by atomic mass is 32.9. The first-order chi connectivity index (χ1) is 7.95. The van der Waals surface area contributed by atoms with E-state index >= 15 is 0 Å². The first kappa shape index (κ1) is 17.4. The third-order valence-electron chi connectivity index (χ3n) is 1.68. The molecule has 0 aliphatic carbocycles. The Bertz CT molecular complexity index is 277. The van der Waals surface area contributed by atoms with Crippen LogP contribution in [-0.4, -0.2) is 46.2 Å². The highest BCUT2D eigenvalue weighted by Crippen LogP contribution is 2.12. The SMILES string of the molecule is CCO[Si](COS(=O)(=S)OC)(OCC)OCC. The molecule has 0 saturated carbocycles. The predicted octanol–water partition coefficient (Wildman–Crippen LogP) is 0.813. The monoisotopic (exact) mass is 304 g/mol. The molecule has 0 aromatic carbocycles. The van der Waals surface area contributed by atoms with E-state index < -0.39 is 17.9 Å². The van der Waals surface area contributed by atoms with E-state index in [0.29, 0.717) is 19.8 Å². The van der Waals surface area contributed by atoms with Gasteiger partial charge in [0.05, 0.1) is 7.11 Å². The van der Waals surface area contributed by atoms with Gasteiger partial charge in [-0.15, -0.1) is 0 Å². The van der Waals surface area contributed by atoms with Crippen molar-refractivity contribution in [2.24, 2.45) is 0 Å². The maximum Gasteiger partial charge on any atom is 0.529 e. The summed E-state index contributed by atoms with van der Waals surface area (Å²) in [6, 6.07) is 0. The molecule has 0 heterocycles. The molecule has 0 fully saturated rings. The van der Waals surface area contributed by atoms with Gasteiger partial charge in [0.15, 0.2) is 0 Å². The molecule has 0 aliphatic rings. The Morgan fingerprint density at radius 3 is 1.76 bits per heavy atom. The standard InChI is InChI=1S/C8H20O6S2Si/c1-5-12-17(13-6-2,14-7-3)8-11-16(9,15)10-4/h5-8H2,1-4H3. The fourth-order valence-corrected chi connectivity index (χ4v) is 4.61. The van der Waals surface area contributed by atoms with Crippen LogP contribution in [0.3, 0.4) is 0 Å². The van der Waals surface area contributed by atoms with E-state index in [9.17, 15) is 4.21 Å². The zero-order valence-electron chi connectivity index (χ0n) is 10.6. The topological polar surface area (TPSA) is 63.2 Å². The average molecular weight is 304 g/mol. The summed E-state index contributed by atoms with van der Waals surface area (Å²) in [4.78, 5) is 0. The number of hydrogen-bond acceptors (Lipinski definition) is 7. The van der Waals surface area contributed by atoms with Gasteiger partial charge in [-0.25, -0.2) is 0 Å². The lowest BCUT2D eigenvalue weighted by Gasteiger charge is -2.27. The van der Waals surface area contributed by atoms with Gasteiger partial charge in [-0.1, -0.05) is 0 Å². The lowest BCUT2D eigenvalue weighted by atomic mass is 10.9. The molecular formula is C8H20O6S2Si. The third-order valence-corrected chi connectivity index (χ3v) is 6.08. The molecular weight excluding hydrogens is 284 g/mol. The van der Waals surface area contributed by atoms with Gasteiger partial charge in [-0.05, 0) is 20.8 Å². The van der Waals surface area contributed by atoms with E-state index in [1.807, 2.05) is 20.8 Å². The van der Waals surface area contributed by atoms with Crippen LogP contribution < -0.4 is 0 Å². The maximum atomic E-state index is 11.4. The summed E-state index contributed by atoms with van der Waals surface area (Å²) in [5.41, 5.74) is 0. The van der Waals surface area contributed by atoms with E-state index in [4.69, 9.17) is 17.5 Å². The van der Waals surface area contributed by atoms with Gasteiger partial charge >= 0.3 is 8.80 Å². The first-order valence-corrected chi connectivity index (χ1v) is 9.58. The van der Waals surface area contributed by atoms with Crippen molar-refractivity contribution in [2.75, 3.05) is 33.2 Å². The van der Waals surface area contributed by atoms with Gasteiger partial charge in [0.25, 0.3) is 9.05 Å². The normalized spacial score (nSPS) is 15.8. The van der Waals surface area contributed by atoms with Gasteiger partial charge in [0.1, 0.15) is 6.23 Å². The molecule has 0 spiro atoms. The second kappa shape index (κ2) is 8.48. The van der Waals surface area contributed by atoms with Crippen molar-refractivity contribution in [3.8, 4) is 0 Å². The molecule has 17 heavy (non-hydrogen) atoms. The fraction of sp³-hybridized carbons (Fsp3) is 1.00. The third kappa shape index (κ3) is 6.77. The van der Waals surface area contributed by atoms with E-state index in [-0.39, 0.29) is 6.23 Å². The summed E-state index contributed by atoms with van der Waals surface area (Å²) >= 11 is 4.60. The van der Waals surface area contributed by atoms with E-state index in [0.717, 1.165) is 0 Å². The molecule has 0 rings (SSSR count). The van der Waals surface area contributed by atoms with Crippen LogP contribution in [0.25, 0.3) is 0 Å². The molecule has 0 amide bonds. The highest BCUT2D eigenvalue weighted by Gasteiger charge is 2.42. The van der Waals surface area contributed by atoms with Crippen LogP contribution >= 0.6 is 0 Å². The van der Waals surface area contributed by atoms with Crippen LogP contribution in [0, 0.1) is 0 Å². The molecule has 0 aromatic heterocycles. The molecule has 104 valence electrons. The van der Waals surface area contributed by atoms with Crippen LogP contribution in [0.4, 0.5) is 0 Å². The Morgan fingerprint density at radius 1 is 1.06 bits per heavy atom. The average Bonchev–Trinajstić information content (AvgIpc) is 2.28. The minimum atomic E-state index is -3.18. The van der Waals surface area contributed by atoms with Crippen molar-refractivity contribution >= 4 is 29.0 Å². The molecule has 0 saturated heterocycles. The van der Waals surface area contributed by atoms with E-state index in [2.05, 4.69) is 15.4 Å². The highest BCUT2D eigenvalue weighted by molar-refractivity contribution is 8.27. The van der Waals surface area contributed by atoms with Gasteiger partial charge in [-0.3, -0.25) is 8.37 Å². The Labute approximate surface area is 109 Å². The predicted molar refractivity (Wildman–Crippen MR) is 69.1 cm³/mol. The summed E-state index contributed by atoms with van der Waals surface area (Å²) in [5, 5.41) is 0. The van der Waals surface area contributed by atoms with Gasteiger partial charge < -0.3 is 13.3 Å². The molecule has 1 atom stereocenters. The number of hydrogen-bond donors (Lipinski definition) is 0. The Kier molecular flexibility index (Phi) is 8.68. The molecule has 0 bridgehead atoms. The van der Waals surface area contributed by atoms with Crippen molar-refractivity contribution in [1.29, 1.82) is 0 Å². The Balaban J connectivity index is 4.65. The second-order valence-corrected chi connectivity index (χ2v) is 7.95. The summed E-state index contributed by atoms with van der Waals surface area (Å²) < 4.78 is 37.5. The van der Waals surface area contributed by atoms with Crippen molar-refractivity contribution in [3.05, 3.63) is 0 Å². The molecule has 0 N–H and O–H groups in total. The molecule has 0 aliphatic heterocycles. The molecule has 9 heteroatoms. The van der Waals surface area contributed by atoms with Crippen LogP contribution in [0.15, 0.2) is 0 Å². The Hall–Kier alpha value is 0.387. The first-order valence-electron chi connectivity index (χ1n) is 5.32. The fourth-order valence-electron chi connectivity index (χ4n) is 1.10. The van der Waals surface area contributed by atoms with Crippen LogP contribution in [-0.2, 0) is 41.9 Å². The minimum absolute atomic E-state index is 0.0846. The largest absolute Gasteiger partial charge is 0.529 e. The lowest BCUT2D eigenvalue weighted by molar-refractivity contribution is 0.0541. The smallest absolute Gasteiger partial charge is 0.372 e. The summed E-state index contributed by atoms with van der Waals surface area (Å²) in [6.07, 6.45) is -0.0846. The zero-order chi connectivity index (χ0) is 13.4. The molecule has 1 unspecified atom stereocenters. The molecule has 0 radical (unpaired) electrons. The van der Waals surface area contributed by atoms with Crippen molar-refractivity contribution in [1.82, 2.24) is 0 Å². The van der Waals surface area contributed by atoms with Crippen LogP contribution in [0.2, 0.25) is 0 Å². The van der Waals surface area contributed by atoms with Crippen molar-refractivity contribution in [3.63, 3.8) is 0 Å². The Morgan fingerprint density at radius 2 is 1.47 bits per heavy atom. The maximum absolute atomic E-state index is 11.4. The molecule has 6 nitrogen and oxygen atoms in total. The number of rotatable bonds is 10. The lowest BCUT2D eigenvalue weighted by Crippen LogP contribution is -2.51. The van der Waals surface area contributed by atoms with Crippen molar-refractivity contribution < 1.29 is 25.9 Å². The van der Waals surface area contributed by atoms with Gasteiger partial charge in [0.2, 0.25) is 0 Å².